The van der Waals surface area contributed by atoms with Gasteiger partial charge in [-0.1, -0.05) is 12.1 Å². The van der Waals surface area contributed by atoms with Crippen molar-refractivity contribution in [1.29, 1.82) is 0 Å². The Morgan fingerprint density at radius 1 is 0.960 bits per heavy atom. The number of benzene rings is 2. The Labute approximate surface area is 145 Å². The molecule has 0 bridgehead atoms. The lowest BCUT2D eigenvalue weighted by Gasteiger charge is -2.23. The Morgan fingerprint density at radius 3 is 2.28 bits per heavy atom. The fraction of sp³-hybridized carbons (Fsp3) is 0.250. The van der Waals surface area contributed by atoms with Crippen LogP contribution < -0.4 is 0 Å². The van der Waals surface area contributed by atoms with Crippen LogP contribution in [0.25, 0.3) is 11.3 Å². The Hall–Kier alpha value is -2.53. The van der Waals surface area contributed by atoms with Crippen LogP contribution in [0, 0.1) is 11.6 Å². The molecular formula is C20H19F2N3. The van der Waals surface area contributed by atoms with E-state index in [1.54, 1.807) is 24.3 Å². The molecule has 0 aliphatic carbocycles. The molecule has 3 aromatic rings. The van der Waals surface area contributed by atoms with Gasteiger partial charge in [0.1, 0.15) is 11.6 Å². The topological polar surface area (TPSA) is 21.1 Å². The summed E-state index contributed by atoms with van der Waals surface area (Å²) in [5.41, 5.74) is 5.25. The Balaban J connectivity index is 1.76. The van der Waals surface area contributed by atoms with Crippen LogP contribution in [-0.4, -0.2) is 28.3 Å². The molecule has 2 heterocycles. The van der Waals surface area contributed by atoms with E-state index in [4.69, 9.17) is 5.10 Å². The maximum Gasteiger partial charge on any atom is 0.123 e. The smallest absolute Gasteiger partial charge is 0.123 e. The van der Waals surface area contributed by atoms with Crippen LogP contribution in [0.2, 0.25) is 0 Å². The van der Waals surface area contributed by atoms with Gasteiger partial charge in [-0.3, -0.25) is 4.68 Å². The van der Waals surface area contributed by atoms with Crippen molar-refractivity contribution in [2.45, 2.75) is 19.5 Å². The number of fused-ring (bicyclic) bond motifs is 1. The maximum absolute atomic E-state index is 13.3. The number of hydrogen-bond acceptors (Lipinski definition) is 2. The van der Waals surface area contributed by atoms with Gasteiger partial charge in [-0.2, -0.15) is 5.10 Å². The monoisotopic (exact) mass is 339 g/mol. The summed E-state index contributed by atoms with van der Waals surface area (Å²) in [6, 6.07) is 13.0. The summed E-state index contributed by atoms with van der Waals surface area (Å²) in [5.74, 6) is -0.486. The molecule has 3 nitrogen and oxygen atoms in total. The van der Waals surface area contributed by atoms with Crippen molar-refractivity contribution in [3.63, 3.8) is 0 Å². The molecule has 0 amide bonds. The molecule has 4 rings (SSSR count). The average Bonchev–Trinajstić information content (AvgIpc) is 2.95. The molecule has 0 radical (unpaired) electrons. The van der Waals surface area contributed by atoms with Crippen LogP contribution >= 0.6 is 0 Å². The number of aromatic nitrogens is 2. The normalized spacial score (nSPS) is 14.5. The molecule has 0 unspecified atom stereocenters. The van der Waals surface area contributed by atoms with Gasteiger partial charge in [0.15, 0.2) is 0 Å². The quantitative estimate of drug-likeness (QED) is 0.722. The van der Waals surface area contributed by atoms with E-state index in [1.807, 2.05) is 4.68 Å². The van der Waals surface area contributed by atoms with E-state index in [9.17, 15) is 8.78 Å². The first kappa shape index (κ1) is 16.0. The van der Waals surface area contributed by atoms with E-state index in [0.29, 0.717) is 6.54 Å². The predicted molar refractivity (Wildman–Crippen MR) is 93.2 cm³/mol. The lowest BCUT2D eigenvalue weighted by Crippen LogP contribution is -2.27. The van der Waals surface area contributed by atoms with Crippen molar-refractivity contribution >= 4 is 0 Å². The molecule has 128 valence electrons. The lowest BCUT2D eigenvalue weighted by atomic mass is 10.0. The summed E-state index contributed by atoms with van der Waals surface area (Å²) in [7, 11) is 2.09. The minimum absolute atomic E-state index is 0.236. The number of hydrogen-bond donors (Lipinski definition) is 0. The summed E-state index contributed by atoms with van der Waals surface area (Å²) in [5, 5.41) is 4.82. The standard InChI is InChI=1S/C20H19F2N3/c1-24-11-10-19-18(13-24)20(15-4-8-17(22)9-5-15)23-25(19)12-14-2-6-16(21)7-3-14/h2-9H,10-13H2,1H3. The zero-order valence-electron chi connectivity index (χ0n) is 14.0. The maximum atomic E-state index is 13.3. The van der Waals surface area contributed by atoms with Crippen molar-refractivity contribution in [2.24, 2.45) is 0 Å². The first-order chi connectivity index (χ1) is 12.1. The number of rotatable bonds is 3. The van der Waals surface area contributed by atoms with Crippen molar-refractivity contribution < 1.29 is 8.78 Å². The van der Waals surface area contributed by atoms with Gasteiger partial charge in [-0.25, -0.2) is 8.78 Å². The second kappa shape index (κ2) is 6.41. The molecule has 0 fully saturated rings. The van der Waals surface area contributed by atoms with Crippen LogP contribution in [0.5, 0.6) is 0 Å². The molecule has 0 atom stereocenters. The van der Waals surface area contributed by atoms with Crippen LogP contribution in [0.1, 0.15) is 16.8 Å². The third-order valence-corrected chi connectivity index (χ3v) is 4.69. The molecule has 0 spiro atoms. The molecule has 0 saturated carbocycles. The summed E-state index contributed by atoms with van der Waals surface area (Å²) in [6.45, 7) is 2.41. The van der Waals surface area contributed by atoms with Gasteiger partial charge in [0.25, 0.3) is 0 Å². The molecular weight excluding hydrogens is 320 g/mol. The third kappa shape index (κ3) is 3.20. The second-order valence-electron chi connectivity index (χ2n) is 6.55. The summed E-state index contributed by atoms with van der Waals surface area (Å²) in [6.07, 6.45) is 0.918. The van der Waals surface area contributed by atoms with E-state index in [-0.39, 0.29) is 11.6 Å². The van der Waals surface area contributed by atoms with Crippen molar-refractivity contribution in [2.75, 3.05) is 13.6 Å². The highest BCUT2D eigenvalue weighted by molar-refractivity contribution is 5.64. The highest BCUT2D eigenvalue weighted by Gasteiger charge is 2.24. The molecule has 1 aromatic heterocycles. The first-order valence-corrected chi connectivity index (χ1v) is 8.37. The first-order valence-electron chi connectivity index (χ1n) is 8.37. The van der Waals surface area contributed by atoms with Gasteiger partial charge in [-0.05, 0) is 49.0 Å². The molecule has 25 heavy (non-hydrogen) atoms. The van der Waals surface area contributed by atoms with Crippen molar-refractivity contribution in [1.82, 2.24) is 14.7 Å². The van der Waals surface area contributed by atoms with Gasteiger partial charge in [0.2, 0.25) is 0 Å². The summed E-state index contributed by atoms with van der Waals surface area (Å²) >= 11 is 0. The van der Waals surface area contributed by atoms with E-state index in [2.05, 4.69) is 11.9 Å². The predicted octanol–water partition coefficient (Wildman–Crippen LogP) is 3.86. The van der Waals surface area contributed by atoms with E-state index >= 15 is 0 Å². The van der Waals surface area contributed by atoms with E-state index < -0.39 is 0 Å². The van der Waals surface area contributed by atoms with E-state index in [1.165, 1.54) is 35.5 Å². The molecule has 0 N–H and O–H groups in total. The van der Waals surface area contributed by atoms with Crippen LogP contribution in [0.15, 0.2) is 48.5 Å². The van der Waals surface area contributed by atoms with Crippen molar-refractivity contribution in [3.8, 4) is 11.3 Å². The minimum atomic E-state index is -0.250. The Kier molecular flexibility index (Phi) is 4.09. The molecule has 2 aromatic carbocycles. The zero-order chi connectivity index (χ0) is 17.4. The van der Waals surface area contributed by atoms with Gasteiger partial charge in [0, 0.05) is 36.3 Å². The highest BCUT2D eigenvalue weighted by atomic mass is 19.1. The molecule has 1 aliphatic heterocycles. The number of likely N-dealkylation sites (N-methyl/N-ethyl adjacent to an activating group) is 1. The Bertz CT molecular complexity index is 883. The average molecular weight is 339 g/mol. The molecule has 5 heteroatoms. The largest absolute Gasteiger partial charge is 0.302 e. The van der Waals surface area contributed by atoms with E-state index in [0.717, 1.165) is 36.3 Å². The number of nitrogens with zero attached hydrogens (tertiary/aromatic N) is 3. The Morgan fingerprint density at radius 2 is 1.60 bits per heavy atom. The fourth-order valence-electron chi connectivity index (χ4n) is 3.36. The summed E-state index contributed by atoms with van der Waals surface area (Å²) in [4.78, 5) is 2.26. The third-order valence-electron chi connectivity index (χ3n) is 4.69. The molecule has 1 aliphatic rings. The van der Waals surface area contributed by atoms with Gasteiger partial charge in [-0.15, -0.1) is 0 Å². The summed E-state index contributed by atoms with van der Waals surface area (Å²) < 4.78 is 28.4. The zero-order valence-corrected chi connectivity index (χ0v) is 14.0. The van der Waals surface area contributed by atoms with Crippen molar-refractivity contribution in [3.05, 3.63) is 77.0 Å². The fourth-order valence-corrected chi connectivity index (χ4v) is 3.36. The lowest BCUT2D eigenvalue weighted by molar-refractivity contribution is 0.308. The van der Waals surface area contributed by atoms with Gasteiger partial charge < -0.3 is 4.90 Å². The van der Waals surface area contributed by atoms with Gasteiger partial charge >= 0.3 is 0 Å². The van der Waals surface area contributed by atoms with Crippen LogP contribution in [0.3, 0.4) is 0 Å². The number of halogens is 2. The second-order valence-corrected chi connectivity index (χ2v) is 6.55. The highest BCUT2D eigenvalue weighted by Crippen LogP contribution is 2.30. The van der Waals surface area contributed by atoms with Crippen LogP contribution in [-0.2, 0) is 19.5 Å². The molecule has 0 saturated heterocycles. The minimum Gasteiger partial charge on any atom is -0.302 e. The SMILES string of the molecule is CN1CCc2c(c(-c3ccc(F)cc3)nn2Cc2ccc(F)cc2)C1. The van der Waals surface area contributed by atoms with Crippen LogP contribution in [0.4, 0.5) is 8.78 Å². The van der Waals surface area contributed by atoms with Gasteiger partial charge in [0.05, 0.1) is 12.2 Å².